The Labute approximate surface area is 148 Å². The largest absolute Gasteiger partial charge is 0.354 e. The molecule has 1 saturated heterocycles. The van der Waals surface area contributed by atoms with Gasteiger partial charge in [0.15, 0.2) is 0 Å². The summed E-state index contributed by atoms with van der Waals surface area (Å²) in [6.45, 7) is 10.9. The van der Waals surface area contributed by atoms with E-state index in [1.165, 1.54) is 19.3 Å². The lowest BCUT2D eigenvalue weighted by molar-refractivity contribution is -0.131. The molecule has 1 aliphatic rings. The summed E-state index contributed by atoms with van der Waals surface area (Å²) >= 11 is 0. The van der Waals surface area contributed by atoms with Crippen LogP contribution in [0.15, 0.2) is 0 Å². The van der Waals surface area contributed by atoms with Crippen LogP contribution in [0.4, 0.5) is 0 Å². The van der Waals surface area contributed by atoms with Crippen molar-refractivity contribution in [2.45, 2.75) is 71.9 Å². The van der Waals surface area contributed by atoms with Crippen LogP contribution in [0.25, 0.3) is 0 Å². The van der Waals surface area contributed by atoms with Crippen molar-refractivity contribution in [3.63, 3.8) is 0 Å². The van der Waals surface area contributed by atoms with Gasteiger partial charge in [0.25, 0.3) is 0 Å². The Hall–Kier alpha value is -0.0300. The maximum absolute atomic E-state index is 12.4. The Morgan fingerprint density at radius 1 is 1.32 bits per heavy atom. The normalized spacial score (nSPS) is 20.5. The topological polar surface area (TPSA) is 58.4 Å². The Kier molecular flexibility index (Phi) is 12.7. The highest BCUT2D eigenvalue weighted by Crippen LogP contribution is 2.25. The van der Waals surface area contributed by atoms with Crippen molar-refractivity contribution in [1.29, 1.82) is 0 Å². The molecule has 0 aromatic heterocycles. The van der Waals surface area contributed by atoms with E-state index in [-0.39, 0.29) is 36.1 Å². The first kappa shape index (κ1) is 24.2. The van der Waals surface area contributed by atoms with Crippen LogP contribution in [0.1, 0.15) is 59.8 Å². The van der Waals surface area contributed by atoms with Crippen molar-refractivity contribution < 1.29 is 4.79 Å². The van der Waals surface area contributed by atoms with E-state index in [0.717, 1.165) is 25.9 Å². The van der Waals surface area contributed by atoms with E-state index in [1.54, 1.807) is 0 Å². The van der Waals surface area contributed by atoms with Crippen molar-refractivity contribution in [2.24, 2.45) is 11.1 Å². The predicted molar refractivity (Wildman–Crippen MR) is 99.1 cm³/mol. The number of nitrogens with zero attached hydrogens (tertiary/aromatic N) is 1. The van der Waals surface area contributed by atoms with Crippen LogP contribution >= 0.6 is 24.8 Å². The predicted octanol–water partition coefficient (Wildman–Crippen LogP) is 2.97. The molecule has 0 aromatic rings. The van der Waals surface area contributed by atoms with Gasteiger partial charge in [-0.2, -0.15) is 0 Å². The van der Waals surface area contributed by atoms with Crippen LogP contribution in [0, 0.1) is 5.41 Å². The van der Waals surface area contributed by atoms with E-state index < -0.39 is 0 Å². The zero-order valence-corrected chi connectivity index (χ0v) is 16.2. The number of nitrogens with one attached hydrogen (secondary N) is 1. The van der Waals surface area contributed by atoms with E-state index in [1.807, 2.05) is 13.8 Å². The summed E-state index contributed by atoms with van der Waals surface area (Å²) in [7, 11) is 0. The molecule has 1 aliphatic heterocycles. The first-order valence-electron chi connectivity index (χ1n) is 8.24. The van der Waals surface area contributed by atoms with E-state index in [4.69, 9.17) is 5.73 Å². The quantitative estimate of drug-likeness (QED) is 0.737. The first-order chi connectivity index (χ1) is 9.50. The van der Waals surface area contributed by atoms with Gasteiger partial charge in [-0.3, -0.25) is 9.69 Å². The van der Waals surface area contributed by atoms with E-state index in [9.17, 15) is 4.79 Å². The van der Waals surface area contributed by atoms with Gasteiger partial charge in [-0.15, -0.1) is 24.8 Å². The standard InChI is InChI=1S/C16H33N3O.2ClH/c1-5-16(6-2,12-17)15(20)18-11-14(4)19-10-8-7-9-13(19)3;;/h13-14H,5-12,17H2,1-4H3,(H,18,20);2*1H. The van der Waals surface area contributed by atoms with Gasteiger partial charge >= 0.3 is 0 Å². The molecule has 1 heterocycles. The van der Waals surface area contributed by atoms with Gasteiger partial charge in [0.1, 0.15) is 0 Å². The molecular formula is C16H35Cl2N3O. The highest BCUT2D eigenvalue weighted by Gasteiger charge is 2.33. The highest BCUT2D eigenvalue weighted by atomic mass is 35.5. The molecule has 3 N–H and O–H groups in total. The lowest BCUT2D eigenvalue weighted by atomic mass is 9.81. The average molecular weight is 356 g/mol. The van der Waals surface area contributed by atoms with Crippen molar-refractivity contribution in [2.75, 3.05) is 19.6 Å². The second-order valence-corrected chi connectivity index (χ2v) is 6.33. The Balaban J connectivity index is 0. The average Bonchev–Trinajstić information content (AvgIpc) is 2.47. The molecule has 22 heavy (non-hydrogen) atoms. The number of carbonyl (C=O) groups excluding carboxylic acids is 1. The molecule has 0 spiro atoms. The number of piperidine rings is 1. The van der Waals surface area contributed by atoms with Gasteiger partial charge in [-0.25, -0.2) is 0 Å². The molecule has 134 valence electrons. The van der Waals surface area contributed by atoms with Gasteiger partial charge < -0.3 is 11.1 Å². The van der Waals surface area contributed by atoms with Crippen LogP contribution in [0.3, 0.4) is 0 Å². The summed E-state index contributed by atoms with van der Waals surface area (Å²) in [6.07, 6.45) is 5.49. The van der Waals surface area contributed by atoms with Crippen LogP contribution in [-0.2, 0) is 4.79 Å². The summed E-state index contributed by atoms with van der Waals surface area (Å²) in [4.78, 5) is 14.9. The molecule has 0 saturated carbocycles. The van der Waals surface area contributed by atoms with Gasteiger partial charge in [-0.05, 0) is 46.1 Å². The minimum Gasteiger partial charge on any atom is -0.354 e. The molecule has 2 unspecified atom stereocenters. The Morgan fingerprint density at radius 3 is 2.36 bits per heavy atom. The van der Waals surface area contributed by atoms with Gasteiger partial charge in [0, 0.05) is 25.2 Å². The Morgan fingerprint density at radius 2 is 1.91 bits per heavy atom. The zero-order chi connectivity index (χ0) is 15.2. The second kappa shape index (κ2) is 11.5. The van der Waals surface area contributed by atoms with Crippen LogP contribution in [0.5, 0.6) is 0 Å². The van der Waals surface area contributed by atoms with Crippen LogP contribution in [-0.4, -0.2) is 42.5 Å². The number of hydrogen-bond acceptors (Lipinski definition) is 3. The fraction of sp³-hybridized carbons (Fsp3) is 0.938. The molecule has 0 aliphatic carbocycles. The second-order valence-electron chi connectivity index (χ2n) is 6.33. The molecule has 2 atom stereocenters. The molecule has 0 radical (unpaired) electrons. The SMILES string of the molecule is CCC(CC)(CN)C(=O)NCC(C)N1CCCCC1C.Cl.Cl. The number of nitrogens with two attached hydrogens (primary N) is 1. The number of rotatable bonds is 7. The molecule has 4 nitrogen and oxygen atoms in total. The van der Waals surface area contributed by atoms with Crippen molar-refractivity contribution >= 4 is 30.7 Å². The van der Waals surface area contributed by atoms with Crippen LogP contribution < -0.4 is 11.1 Å². The minimum atomic E-state index is -0.382. The number of carbonyl (C=O) groups is 1. The number of halogens is 2. The molecule has 1 amide bonds. The third-order valence-electron chi connectivity index (χ3n) is 5.20. The maximum atomic E-state index is 12.4. The third-order valence-corrected chi connectivity index (χ3v) is 5.20. The lowest BCUT2D eigenvalue weighted by Gasteiger charge is -2.38. The van der Waals surface area contributed by atoms with Crippen molar-refractivity contribution in [1.82, 2.24) is 10.2 Å². The van der Waals surface area contributed by atoms with E-state index in [0.29, 0.717) is 18.6 Å². The Bertz CT molecular complexity index is 304. The van der Waals surface area contributed by atoms with E-state index in [2.05, 4.69) is 24.1 Å². The van der Waals surface area contributed by atoms with Gasteiger partial charge in [0.05, 0.1) is 5.41 Å². The number of hydrogen-bond donors (Lipinski definition) is 2. The van der Waals surface area contributed by atoms with Crippen LogP contribution in [0.2, 0.25) is 0 Å². The summed E-state index contributed by atoms with van der Waals surface area (Å²) in [5.41, 5.74) is 5.45. The van der Waals surface area contributed by atoms with Gasteiger partial charge in [0.2, 0.25) is 5.91 Å². The molecule has 1 rings (SSSR count). The smallest absolute Gasteiger partial charge is 0.227 e. The zero-order valence-electron chi connectivity index (χ0n) is 14.6. The summed E-state index contributed by atoms with van der Waals surface area (Å²) < 4.78 is 0. The fourth-order valence-electron chi connectivity index (χ4n) is 3.27. The van der Waals surface area contributed by atoms with E-state index >= 15 is 0 Å². The monoisotopic (exact) mass is 355 g/mol. The summed E-state index contributed by atoms with van der Waals surface area (Å²) in [5.74, 6) is 0.126. The highest BCUT2D eigenvalue weighted by molar-refractivity contribution is 5.85. The number of amides is 1. The molecule has 6 heteroatoms. The first-order valence-corrected chi connectivity index (χ1v) is 8.24. The van der Waals surface area contributed by atoms with Crippen molar-refractivity contribution in [3.05, 3.63) is 0 Å². The molecular weight excluding hydrogens is 321 g/mol. The molecule has 0 bridgehead atoms. The molecule has 1 fully saturated rings. The molecule has 0 aromatic carbocycles. The lowest BCUT2D eigenvalue weighted by Crippen LogP contribution is -2.52. The number of likely N-dealkylation sites (tertiary alicyclic amines) is 1. The maximum Gasteiger partial charge on any atom is 0.227 e. The minimum absolute atomic E-state index is 0. The van der Waals surface area contributed by atoms with Crippen molar-refractivity contribution in [3.8, 4) is 0 Å². The van der Waals surface area contributed by atoms with Gasteiger partial charge in [-0.1, -0.05) is 20.3 Å². The fourth-order valence-corrected chi connectivity index (χ4v) is 3.27. The summed E-state index contributed by atoms with van der Waals surface area (Å²) in [6, 6.07) is 1.03. The third kappa shape index (κ3) is 5.88. The summed E-state index contributed by atoms with van der Waals surface area (Å²) in [5, 5.41) is 3.13.